The molecule has 0 saturated heterocycles. The van der Waals surface area contributed by atoms with E-state index in [1.54, 1.807) is 19.1 Å². The maximum Gasteiger partial charge on any atom is 0.416 e. The van der Waals surface area contributed by atoms with Crippen LogP contribution in [-0.2, 0) is 17.5 Å². The summed E-state index contributed by atoms with van der Waals surface area (Å²) < 4.78 is 68.2. The summed E-state index contributed by atoms with van der Waals surface area (Å²) >= 11 is 6.61. The quantitative estimate of drug-likeness (QED) is 0.203. The van der Waals surface area contributed by atoms with E-state index in [0.29, 0.717) is 17.4 Å². The molecule has 1 fully saturated rings. The fourth-order valence-electron chi connectivity index (χ4n) is 4.14. The van der Waals surface area contributed by atoms with Crippen LogP contribution in [0.2, 0.25) is 5.02 Å². The Labute approximate surface area is 236 Å². The molecule has 1 aliphatic rings. The lowest BCUT2D eigenvalue weighted by Crippen LogP contribution is -2.13. The van der Waals surface area contributed by atoms with Gasteiger partial charge in [0.2, 0.25) is 5.88 Å². The molecule has 0 radical (unpaired) electrons. The van der Waals surface area contributed by atoms with Gasteiger partial charge in [0.25, 0.3) is 0 Å². The number of halogens is 5. The molecule has 2 aromatic carbocycles. The van der Waals surface area contributed by atoms with Gasteiger partial charge in [-0.15, -0.1) is 0 Å². The van der Waals surface area contributed by atoms with Crippen molar-refractivity contribution in [3.8, 4) is 23.0 Å². The molecule has 2 heterocycles. The minimum absolute atomic E-state index is 0.144. The van der Waals surface area contributed by atoms with Gasteiger partial charge in [-0.3, -0.25) is 4.79 Å². The molecule has 0 spiro atoms. The number of rotatable bonds is 10. The number of hydrogen-bond acceptors (Lipinski definition) is 6. The van der Waals surface area contributed by atoms with Crippen molar-refractivity contribution in [1.29, 1.82) is 0 Å². The van der Waals surface area contributed by atoms with Gasteiger partial charge in [-0.25, -0.2) is 14.4 Å². The number of ether oxygens (including phenoxy) is 2. The van der Waals surface area contributed by atoms with Crippen molar-refractivity contribution in [2.75, 3.05) is 6.61 Å². The molecule has 0 amide bonds. The first kappa shape index (κ1) is 28.6. The van der Waals surface area contributed by atoms with E-state index in [0.717, 1.165) is 25.0 Å². The molecule has 41 heavy (non-hydrogen) atoms. The molecule has 1 atom stereocenters. The molecule has 1 unspecified atom stereocenters. The lowest BCUT2D eigenvalue weighted by molar-refractivity contribution is -0.141. The van der Waals surface area contributed by atoms with Gasteiger partial charge in [0.05, 0.1) is 29.7 Å². The van der Waals surface area contributed by atoms with Crippen LogP contribution < -0.4 is 9.47 Å². The van der Waals surface area contributed by atoms with Gasteiger partial charge >= 0.3 is 12.1 Å². The maximum absolute atomic E-state index is 14.8. The highest BCUT2D eigenvalue weighted by molar-refractivity contribution is 6.33. The number of alkyl halides is 3. The van der Waals surface area contributed by atoms with Crippen molar-refractivity contribution in [1.82, 2.24) is 19.5 Å². The van der Waals surface area contributed by atoms with Crippen molar-refractivity contribution in [2.24, 2.45) is 5.92 Å². The Bertz CT molecular complexity index is 1620. The summed E-state index contributed by atoms with van der Waals surface area (Å²) in [6.07, 6.45) is -1.48. The fourth-order valence-corrected chi connectivity index (χ4v) is 4.40. The number of hydrogen-bond donors (Lipinski definition) is 1. The zero-order valence-electron chi connectivity index (χ0n) is 22.0. The molecule has 1 saturated carbocycles. The van der Waals surface area contributed by atoms with Gasteiger partial charge < -0.3 is 19.1 Å². The molecule has 216 valence electrons. The zero-order valence-corrected chi connectivity index (χ0v) is 22.8. The highest BCUT2D eigenvalue weighted by Crippen LogP contribution is 2.41. The Hall–Kier alpha value is -3.93. The van der Waals surface area contributed by atoms with E-state index in [1.165, 1.54) is 17.0 Å². The van der Waals surface area contributed by atoms with Gasteiger partial charge in [-0.05, 0) is 62.6 Å². The summed E-state index contributed by atoms with van der Waals surface area (Å²) in [5, 5.41) is 9.25. The Morgan fingerprint density at radius 1 is 1.20 bits per heavy atom. The van der Waals surface area contributed by atoms with Crippen LogP contribution in [0.3, 0.4) is 0 Å². The van der Waals surface area contributed by atoms with Crippen LogP contribution in [0, 0.1) is 11.7 Å². The van der Waals surface area contributed by atoms with Gasteiger partial charge in [0, 0.05) is 11.1 Å². The number of nitrogens with zero attached hydrogens (tertiary/aromatic N) is 4. The number of benzene rings is 2. The van der Waals surface area contributed by atoms with Crippen molar-refractivity contribution in [3.05, 3.63) is 64.7 Å². The van der Waals surface area contributed by atoms with Crippen LogP contribution in [0.5, 0.6) is 11.6 Å². The van der Waals surface area contributed by atoms with E-state index in [2.05, 4.69) is 15.0 Å². The summed E-state index contributed by atoms with van der Waals surface area (Å²) in [6.45, 7) is 3.30. The Morgan fingerprint density at radius 2 is 1.95 bits per heavy atom. The lowest BCUT2D eigenvalue weighted by Gasteiger charge is -2.14. The number of carboxylic acid groups (broad SMARTS) is 1. The summed E-state index contributed by atoms with van der Waals surface area (Å²) in [5.41, 5.74) is -0.761. The van der Waals surface area contributed by atoms with Crippen LogP contribution in [0.25, 0.3) is 22.6 Å². The normalized spacial score (nSPS) is 15.1. The summed E-state index contributed by atoms with van der Waals surface area (Å²) in [4.78, 5) is 24.2. The number of fused-ring (bicyclic) bond motifs is 1. The van der Waals surface area contributed by atoms with Gasteiger partial charge in [-0.2, -0.15) is 18.2 Å². The third-order valence-electron chi connectivity index (χ3n) is 6.92. The highest BCUT2D eigenvalue weighted by atomic mass is 35.5. The summed E-state index contributed by atoms with van der Waals surface area (Å²) in [6, 6.07) is 6.95. The number of carboxylic acids is 1. The molecule has 0 bridgehead atoms. The van der Waals surface area contributed by atoms with Crippen molar-refractivity contribution < 1.29 is 36.9 Å². The zero-order chi connectivity index (χ0) is 29.5. The van der Waals surface area contributed by atoms with E-state index in [9.17, 15) is 22.4 Å². The molecule has 1 N–H and O–H groups in total. The highest BCUT2D eigenvalue weighted by Gasteiger charge is 2.41. The molecule has 4 aromatic rings. The first-order valence-electron chi connectivity index (χ1n) is 12.8. The topological polar surface area (TPSA) is 99.4 Å². The van der Waals surface area contributed by atoms with Crippen molar-refractivity contribution in [3.63, 3.8) is 0 Å². The SMILES string of the molecule is CC(CCOc1ccc(-c2nc3c(OC4(C)CC4)ncnc3n2Cc2cc(C(F)(F)F)ccc2F)c(Cl)c1)C(=O)O. The Kier molecular flexibility index (Phi) is 7.54. The molecule has 13 heteroatoms. The maximum atomic E-state index is 14.8. The van der Waals surface area contributed by atoms with Crippen LogP contribution in [0.4, 0.5) is 17.6 Å². The van der Waals surface area contributed by atoms with Gasteiger partial charge in [0.15, 0.2) is 11.2 Å². The largest absolute Gasteiger partial charge is 0.494 e. The molecule has 1 aliphatic carbocycles. The van der Waals surface area contributed by atoms with E-state index >= 15 is 0 Å². The minimum Gasteiger partial charge on any atom is -0.494 e. The first-order valence-corrected chi connectivity index (χ1v) is 13.1. The number of aromatic nitrogens is 4. The minimum atomic E-state index is -4.66. The van der Waals surface area contributed by atoms with Crippen LogP contribution >= 0.6 is 11.6 Å². The predicted molar refractivity (Wildman–Crippen MR) is 141 cm³/mol. The average Bonchev–Trinajstić information content (AvgIpc) is 3.52. The monoisotopic (exact) mass is 592 g/mol. The molecule has 5 rings (SSSR count). The van der Waals surface area contributed by atoms with Crippen LogP contribution in [0.1, 0.15) is 44.2 Å². The van der Waals surface area contributed by atoms with E-state index in [-0.39, 0.29) is 53.0 Å². The standard InChI is InChI=1S/C28H25ClF4N4O4/c1-15(26(38)39)7-10-40-18-4-5-19(20(29)12-18)23-36-22-24(34-14-35-25(22)41-27(2)8-9-27)37(23)13-16-11-17(28(31,32)33)3-6-21(16)30/h3-6,11-12,14-15H,7-10,13H2,1-2H3,(H,38,39). The van der Waals surface area contributed by atoms with Crippen molar-refractivity contribution >= 4 is 28.7 Å². The number of aliphatic carboxylic acids is 1. The van der Waals surface area contributed by atoms with Gasteiger partial charge in [0.1, 0.15) is 29.3 Å². The molecule has 0 aliphatic heterocycles. The Balaban J connectivity index is 1.56. The van der Waals surface area contributed by atoms with Gasteiger partial charge in [-0.1, -0.05) is 18.5 Å². The summed E-state index contributed by atoms with van der Waals surface area (Å²) in [7, 11) is 0. The van der Waals surface area contributed by atoms with Crippen molar-refractivity contribution in [2.45, 2.75) is 51.4 Å². The second-order valence-corrected chi connectivity index (χ2v) is 10.7. The average molecular weight is 593 g/mol. The van der Waals surface area contributed by atoms with E-state index in [4.69, 9.17) is 26.2 Å². The number of carbonyl (C=O) groups is 1. The molecular weight excluding hydrogens is 568 g/mol. The predicted octanol–water partition coefficient (Wildman–Crippen LogP) is 6.77. The second-order valence-electron chi connectivity index (χ2n) is 10.2. The number of imidazole rings is 1. The first-order chi connectivity index (χ1) is 19.3. The van der Waals surface area contributed by atoms with E-state index < -0.39 is 35.0 Å². The Morgan fingerprint density at radius 3 is 2.61 bits per heavy atom. The molecule has 8 nitrogen and oxygen atoms in total. The molecule has 2 aromatic heterocycles. The summed E-state index contributed by atoms with van der Waals surface area (Å²) in [5.74, 6) is -1.56. The van der Waals surface area contributed by atoms with Crippen LogP contribution in [0.15, 0.2) is 42.7 Å². The smallest absolute Gasteiger partial charge is 0.416 e. The molecular formula is C28H25ClF4N4O4. The lowest BCUT2D eigenvalue weighted by atomic mass is 10.1. The van der Waals surface area contributed by atoms with Crippen LogP contribution in [-0.4, -0.2) is 42.8 Å². The fraction of sp³-hybridized carbons (Fsp3) is 0.357. The third-order valence-corrected chi connectivity index (χ3v) is 7.23. The third kappa shape index (κ3) is 6.22. The van der Waals surface area contributed by atoms with E-state index in [1.807, 2.05) is 6.92 Å². The second kappa shape index (κ2) is 10.8.